The molecular formula is C24H26N4O5S. The predicted molar refractivity (Wildman–Crippen MR) is 128 cm³/mol. The van der Waals surface area contributed by atoms with Crippen LogP contribution in [0.2, 0.25) is 0 Å². The van der Waals surface area contributed by atoms with Gasteiger partial charge in [0.1, 0.15) is 11.4 Å². The molecule has 0 aliphatic carbocycles. The van der Waals surface area contributed by atoms with Crippen LogP contribution in [0.1, 0.15) is 35.3 Å². The van der Waals surface area contributed by atoms with E-state index in [0.717, 1.165) is 29.5 Å². The van der Waals surface area contributed by atoms with Gasteiger partial charge in [0.2, 0.25) is 10.0 Å². The Morgan fingerprint density at radius 2 is 1.79 bits per heavy atom. The van der Waals surface area contributed by atoms with Crippen molar-refractivity contribution in [1.29, 1.82) is 0 Å². The van der Waals surface area contributed by atoms with Crippen molar-refractivity contribution in [2.75, 3.05) is 18.4 Å². The molecule has 2 aromatic carbocycles. The lowest BCUT2D eigenvalue weighted by molar-refractivity contribution is 0.101. The van der Waals surface area contributed by atoms with Crippen molar-refractivity contribution in [2.24, 2.45) is 7.05 Å². The minimum Gasteiger partial charge on any atom is -0.455 e. The Kier molecular flexibility index (Phi) is 6.80. The molecule has 2 heterocycles. The summed E-state index contributed by atoms with van der Waals surface area (Å²) in [4.78, 5) is 24.6. The van der Waals surface area contributed by atoms with Crippen LogP contribution in [-0.2, 0) is 17.1 Å². The normalized spacial score (nSPS) is 14.5. The first-order valence-corrected chi connectivity index (χ1v) is 12.4. The highest BCUT2D eigenvalue weighted by atomic mass is 32.2. The monoisotopic (exact) mass is 482 g/mol. The van der Waals surface area contributed by atoms with Crippen LogP contribution in [0.15, 0.2) is 64.3 Å². The molecule has 0 radical (unpaired) electrons. The van der Waals surface area contributed by atoms with Crippen LogP contribution >= 0.6 is 0 Å². The third kappa shape index (κ3) is 5.18. The van der Waals surface area contributed by atoms with E-state index < -0.39 is 15.9 Å². The molecule has 1 fully saturated rings. The molecule has 4 rings (SSSR count). The van der Waals surface area contributed by atoms with Gasteiger partial charge in [0.05, 0.1) is 10.6 Å². The van der Waals surface area contributed by atoms with E-state index in [0.29, 0.717) is 18.8 Å². The number of nitrogens with one attached hydrogen (secondary N) is 1. The number of hydrogen-bond acceptors (Lipinski definition) is 6. The van der Waals surface area contributed by atoms with E-state index in [-0.39, 0.29) is 27.6 Å². The number of amides is 1. The van der Waals surface area contributed by atoms with Gasteiger partial charge < -0.3 is 10.1 Å². The Labute approximate surface area is 198 Å². The van der Waals surface area contributed by atoms with Gasteiger partial charge in [0.15, 0.2) is 5.75 Å². The van der Waals surface area contributed by atoms with Crippen LogP contribution in [0, 0.1) is 6.92 Å². The maximum absolute atomic E-state index is 13.2. The number of rotatable bonds is 6. The second-order valence-electron chi connectivity index (χ2n) is 8.18. The van der Waals surface area contributed by atoms with Crippen molar-refractivity contribution in [3.8, 4) is 11.5 Å². The number of benzene rings is 2. The summed E-state index contributed by atoms with van der Waals surface area (Å²) in [6.07, 6.45) is 2.63. The molecule has 0 saturated carbocycles. The summed E-state index contributed by atoms with van der Waals surface area (Å²) in [5.41, 5.74) is 0.824. The van der Waals surface area contributed by atoms with Gasteiger partial charge in [-0.2, -0.15) is 9.40 Å². The summed E-state index contributed by atoms with van der Waals surface area (Å²) in [6.45, 7) is 2.86. The third-order valence-electron chi connectivity index (χ3n) is 5.56. The van der Waals surface area contributed by atoms with E-state index in [1.807, 2.05) is 25.1 Å². The molecule has 1 amide bonds. The Morgan fingerprint density at radius 3 is 2.50 bits per heavy atom. The maximum Gasteiger partial charge on any atom is 0.276 e. The van der Waals surface area contributed by atoms with Crippen molar-refractivity contribution in [3.05, 3.63) is 76.2 Å². The fraction of sp³-hybridized carbons (Fsp3) is 0.292. The Bertz CT molecular complexity index is 1380. The maximum atomic E-state index is 13.2. The van der Waals surface area contributed by atoms with Crippen molar-refractivity contribution in [2.45, 2.75) is 31.1 Å². The molecule has 1 aliphatic rings. The molecule has 178 valence electrons. The zero-order chi connectivity index (χ0) is 24.3. The van der Waals surface area contributed by atoms with Gasteiger partial charge >= 0.3 is 0 Å². The highest BCUT2D eigenvalue weighted by Crippen LogP contribution is 2.34. The smallest absolute Gasteiger partial charge is 0.276 e. The van der Waals surface area contributed by atoms with Gasteiger partial charge in [-0.15, -0.1) is 0 Å². The summed E-state index contributed by atoms with van der Waals surface area (Å²) in [6, 6.07) is 14.3. The molecule has 1 aromatic heterocycles. The number of carbonyl (C=O) groups excluding carboxylic acids is 1. The number of sulfonamides is 1. The van der Waals surface area contributed by atoms with Gasteiger partial charge in [-0.05, 0) is 61.7 Å². The minimum atomic E-state index is -3.73. The Balaban J connectivity index is 1.71. The number of nitrogens with zero attached hydrogens (tertiary/aromatic N) is 3. The SMILES string of the molecule is Cc1cccc(Oc2ccc(S(=O)(=O)N3CCCCC3)cc2NC(=O)c2ccc(=O)n(C)n2)c1. The van der Waals surface area contributed by atoms with Gasteiger partial charge in [-0.1, -0.05) is 18.6 Å². The zero-order valence-corrected chi connectivity index (χ0v) is 19.8. The molecule has 1 aliphatic heterocycles. The van der Waals surface area contributed by atoms with E-state index in [9.17, 15) is 18.0 Å². The molecule has 0 unspecified atom stereocenters. The molecule has 34 heavy (non-hydrogen) atoms. The number of aryl methyl sites for hydroxylation is 2. The van der Waals surface area contributed by atoms with Crippen LogP contribution in [0.5, 0.6) is 11.5 Å². The van der Waals surface area contributed by atoms with Crippen molar-refractivity contribution in [3.63, 3.8) is 0 Å². The first-order chi connectivity index (χ1) is 16.2. The van der Waals surface area contributed by atoms with Crippen LogP contribution < -0.4 is 15.6 Å². The number of aromatic nitrogens is 2. The zero-order valence-electron chi connectivity index (χ0n) is 19.0. The fourth-order valence-electron chi connectivity index (χ4n) is 3.73. The van der Waals surface area contributed by atoms with Crippen LogP contribution in [0.3, 0.4) is 0 Å². The summed E-state index contributed by atoms with van der Waals surface area (Å²) in [7, 11) is -2.29. The molecule has 0 spiro atoms. The van der Waals surface area contributed by atoms with Crippen LogP contribution in [-0.4, -0.2) is 41.5 Å². The van der Waals surface area contributed by atoms with E-state index in [1.165, 1.54) is 41.7 Å². The Hall–Kier alpha value is -3.50. The molecule has 1 saturated heterocycles. The van der Waals surface area contributed by atoms with Crippen LogP contribution in [0.4, 0.5) is 5.69 Å². The Morgan fingerprint density at radius 1 is 1.03 bits per heavy atom. The highest BCUT2D eigenvalue weighted by Gasteiger charge is 2.27. The molecule has 9 nitrogen and oxygen atoms in total. The van der Waals surface area contributed by atoms with Crippen molar-refractivity contribution >= 4 is 21.6 Å². The summed E-state index contributed by atoms with van der Waals surface area (Å²) in [5, 5.41) is 6.66. The standard InChI is InChI=1S/C24H26N4O5S/c1-17-7-6-8-18(15-17)33-22-11-9-19(34(31,32)28-13-4-3-5-14-28)16-21(22)25-24(30)20-10-12-23(29)27(2)26-20/h6-12,15-16H,3-5,13-14H2,1-2H3,(H,25,30). The highest BCUT2D eigenvalue weighted by molar-refractivity contribution is 7.89. The molecule has 0 bridgehead atoms. The van der Waals surface area contributed by atoms with Gasteiger partial charge in [0.25, 0.3) is 11.5 Å². The van der Waals surface area contributed by atoms with Crippen LogP contribution in [0.25, 0.3) is 0 Å². The second kappa shape index (κ2) is 9.78. The van der Waals surface area contributed by atoms with Crippen molar-refractivity contribution in [1.82, 2.24) is 14.1 Å². The predicted octanol–water partition coefficient (Wildman–Crippen LogP) is 3.31. The summed E-state index contributed by atoms with van der Waals surface area (Å²) < 4.78 is 34.9. The van der Waals surface area contributed by atoms with Gasteiger partial charge in [-0.25, -0.2) is 13.1 Å². The number of hydrogen-bond donors (Lipinski definition) is 1. The lowest BCUT2D eigenvalue weighted by Gasteiger charge is -2.26. The topological polar surface area (TPSA) is 111 Å². The quantitative estimate of drug-likeness (QED) is 0.577. The molecule has 10 heteroatoms. The lowest BCUT2D eigenvalue weighted by Crippen LogP contribution is -2.35. The molecule has 1 N–H and O–H groups in total. The summed E-state index contributed by atoms with van der Waals surface area (Å²) >= 11 is 0. The largest absolute Gasteiger partial charge is 0.455 e. The van der Waals surface area contributed by atoms with E-state index in [4.69, 9.17) is 4.74 Å². The first kappa shape index (κ1) is 23.7. The van der Waals surface area contributed by atoms with E-state index in [1.54, 1.807) is 6.07 Å². The average molecular weight is 483 g/mol. The number of carbonyl (C=O) groups is 1. The lowest BCUT2D eigenvalue weighted by atomic mass is 10.2. The average Bonchev–Trinajstić information content (AvgIpc) is 2.82. The number of anilines is 1. The molecular weight excluding hydrogens is 456 g/mol. The fourth-order valence-corrected chi connectivity index (χ4v) is 5.27. The summed E-state index contributed by atoms with van der Waals surface area (Å²) in [5.74, 6) is 0.223. The molecule has 0 atom stereocenters. The second-order valence-corrected chi connectivity index (χ2v) is 10.1. The van der Waals surface area contributed by atoms with E-state index in [2.05, 4.69) is 10.4 Å². The number of piperidine rings is 1. The number of ether oxygens (including phenoxy) is 1. The molecule has 3 aromatic rings. The van der Waals surface area contributed by atoms with E-state index >= 15 is 0 Å². The first-order valence-electron chi connectivity index (χ1n) is 11.0. The van der Waals surface area contributed by atoms with Gasteiger partial charge in [0, 0.05) is 26.2 Å². The van der Waals surface area contributed by atoms with Gasteiger partial charge in [-0.3, -0.25) is 9.59 Å². The van der Waals surface area contributed by atoms with Crippen molar-refractivity contribution < 1.29 is 17.9 Å². The minimum absolute atomic E-state index is 0.00731. The third-order valence-corrected chi connectivity index (χ3v) is 7.46.